The SMILES string of the molecule is O=C(O)CC(CS(=O)(=O)c1ccc(CCc2cccc(NC(=O)c3ccccn3)c2)cc1)c1ccccc1. The Labute approximate surface area is 222 Å². The predicted molar refractivity (Wildman–Crippen MR) is 146 cm³/mol. The molecule has 0 aliphatic rings. The fourth-order valence-electron chi connectivity index (χ4n) is 4.22. The Kier molecular flexibility index (Phi) is 8.66. The van der Waals surface area contributed by atoms with Gasteiger partial charge >= 0.3 is 5.97 Å². The summed E-state index contributed by atoms with van der Waals surface area (Å²) in [6, 6.07) is 28.3. The third kappa shape index (κ3) is 7.36. The van der Waals surface area contributed by atoms with Crippen molar-refractivity contribution in [2.24, 2.45) is 0 Å². The van der Waals surface area contributed by atoms with Gasteiger partial charge in [0.2, 0.25) is 0 Å². The first-order valence-corrected chi connectivity index (χ1v) is 13.8. The molecular weight excluding hydrogens is 500 g/mol. The van der Waals surface area contributed by atoms with Crippen LogP contribution in [0.5, 0.6) is 0 Å². The zero-order chi connectivity index (χ0) is 27.0. The largest absolute Gasteiger partial charge is 0.481 e. The Bertz CT molecular complexity index is 1490. The minimum Gasteiger partial charge on any atom is -0.481 e. The summed E-state index contributed by atoms with van der Waals surface area (Å²) in [5.74, 6) is -2.23. The number of rotatable bonds is 11. The maximum absolute atomic E-state index is 13.1. The first-order valence-electron chi connectivity index (χ1n) is 12.2. The van der Waals surface area contributed by atoms with Gasteiger partial charge in [-0.2, -0.15) is 0 Å². The molecule has 0 spiro atoms. The van der Waals surface area contributed by atoms with Crippen LogP contribution in [0.3, 0.4) is 0 Å². The van der Waals surface area contributed by atoms with Gasteiger partial charge in [-0.05, 0) is 65.9 Å². The molecule has 194 valence electrons. The second-order valence-electron chi connectivity index (χ2n) is 9.00. The lowest BCUT2D eigenvalue weighted by Gasteiger charge is -2.16. The third-order valence-corrected chi connectivity index (χ3v) is 8.01. The van der Waals surface area contributed by atoms with Crippen LogP contribution in [-0.4, -0.2) is 36.1 Å². The van der Waals surface area contributed by atoms with Crippen LogP contribution in [0.15, 0.2) is 108 Å². The number of nitrogens with one attached hydrogen (secondary N) is 1. The number of carbonyl (C=O) groups excluding carboxylic acids is 1. The molecule has 0 bridgehead atoms. The van der Waals surface area contributed by atoms with Crippen molar-refractivity contribution in [3.8, 4) is 0 Å². The van der Waals surface area contributed by atoms with Gasteiger partial charge in [-0.15, -0.1) is 0 Å². The number of anilines is 1. The molecule has 1 aromatic heterocycles. The van der Waals surface area contributed by atoms with Crippen LogP contribution < -0.4 is 5.32 Å². The van der Waals surface area contributed by atoms with Gasteiger partial charge < -0.3 is 10.4 Å². The van der Waals surface area contributed by atoms with E-state index in [9.17, 15) is 23.1 Å². The van der Waals surface area contributed by atoms with Crippen LogP contribution in [0, 0.1) is 0 Å². The number of carboxylic acid groups (broad SMARTS) is 1. The average Bonchev–Trinajstić information content (AvgIpc) is 2.92. The van der Waals surface area contributed by atoms with E-state index in [0.717, 1.165) is 11.1 Å². The molecule has 0 saturated heterocycles. The number of carboxylic acids is 1. The van der Waals surface area contributed by atoms with E-state index in [0.29, 0.717) is 29.8 Å². The van der Waals surface area contributed by atoms with Gasteiger partial charge in [-0.3, -0.25) is 14.6 Å². The lowest BCUT2D eigenvalue weighted by molar-refractivity contribution is -0.137. The lowest BCUT2D eigenvalue weighted by atomic mass is 9.98. The second kappa shape index (κ2) is 12.3. The van der Waals surface area contributed by atoms with Gasteiger partial charge in [0.05, 0.1) is 17.1 Å². The summed E-state index contributed by atoms with van der Waals surface area (Å²) >= 11 is 0. The number of hydrogen-bond donors (Lipinski definition) is 2. The zero-order valence-electron chi connectivity index (χ0n) is 20.7. The zero-order valence-corrected chi connectivity index (χ0v) is 21.5. The van der Waals surface area contributed by atoms with E-state index in [1.165, 1.54) is 0 Å². The Hall–Kier alpha value is -4.30. The number of nitrogens with zero attached hydrogens (tertiary/aromatic N) is 1. The van der Waals surface area contributed by atoms with Gasteiger partial charge in [0.1, 0.15) is 5.69 Å². The molecule has 8 heteroatoms. The molecule has 2 N–H and O–H groups in total. The van der Waals surface area contributed by atoms with Crippen molar-refractivity contribution < 1.29 is 23.1 Å². The smallest absolute Gasteiger partial charge is 0.303 e. The van der Waals surface area contributed by atoms with E-state index < -0.39 is 21.7 Å². The van der Waals surface area contributed by atoms with Gasteiger partial charge in [-0.1, -0.05) is 60.7 Å². The molecule has 1 heterocycles. The lowest BCUT2D eigenvalue weighted by Crippen LogP contribution is -2.18. The Morgan fingerprint density at radius 3 is 2.21 bits per heavy atom. The highest BCUT2D eigenvalue weighted by Gasteiger charge is 2.24. The summed E-state index contributed by atoms with van der Waals surface area (Å²) in [7, 11) is -3.69. The van der Waals surface area contributed by atoms with Crippen molar-refractivity contribution in [1.82, 2.24) is 4.98 Å². The molecule has 0 saturated carbocycles. The van der Waals surface area contributed by atoms with Crippen LogP contribution in [0.4, 0.5) is 5.69 Å². The molecule has 1 amide bonds. The van der Waals surface area contributed by atoms with E-state index in [1.807, 2.05) is 30.3 Å². The number of pyridine rings is 1. The summed E-state index contributed by atoms with van der Waals surface area (Å²) < 4.78 is 26.2. The molecule has 1 unspecified atom stereocenters. The van der Waals surface area contributed by atoms with Gasteiger partial charge in [-0.25, -0.2) is 8.42 Å². The van der Waals surface area contributed by atoms with Crippen LogP contribution in [0.2, 0.25) is 0 Å². The monoisotopic (exact) mass is 528 g/mol. The van der Waals surface area contributed by atoms with E-state index in [4.69, 9.17) is 0 Å². The topological polar surface area (TPSA) is 113 Å². The van der Waals surface area contributed by atoms with E-state index in [2.05, 4.69) is 10.3 Å². The fourth-order valence-corrected chi connectivity index (χ4v) is 5.80. The number of carbonyl (C=O) groups is 2. The van der Waals surface area contributed by atoms with Crippen LogP contribution in [-0.2, 0) is 27.5 Å². The van der Waals surface area contributed by atoms with Crippen molar-refractivity contribution in [3.63, 3.8) is 0 Å². The Balaban J connectivity index is 1.38. The van der Waals surface area contributed by atoms with E-state index in [-0.39, 0.29) is 23.0 Å². The summed E-state index contributed by atoms with van der Waals surface area (Å²) in [6.45, 7) is 0. The van der Waals surface area contributed by atoms with Crippen molar-refractivity contribution >= 4 is 27.4 Å². The molecule has 0 aliphatic carbocycles. The maximum Gasteiger partial charge on any atom is 0.303 e. The van der Waals surface area contributed by atoms with Gasteiger partial charge in [0, 0.05) is 17.8 Å². The summed E-state index contributed by atoms with van der Waals surface area (Å²) in [5, 5.41) is 12.2. The highest BCUT2D eigenvalue weighted by molar-refractivity contribution is 7.91. The standard InChI is InChI=1S/C30H28N2O5S/c33-29(34)20-25(24-8-2-1-3-9-24)21-38(36,37)27-16-14-22(15-17-27)12-13-23-7-6-10-26(19-23)32-30(35)28-11-4-5-18-31-28/h1-11,14-19,25H,12-13,20-21H2,(H,32,35)(H,33,34). The van der Waals surface area contributed by atoms with Crippen molar-refractivity contribution in [2.45, 2.75) is 30.1 Å². The number of benzene rings is 3. The Morgan fingerprint density at radius 2 is 1.53 bits per heavy atom. The quantitative estimate of drug-likeness (QED) is 0.278. The van der Waals surface area contributed by atoms with Crippen molar-refractivity contribution in [1.29, 1.82) is 0 Å². The number of aromatic nitrogens is 1. The molecule has 0 fully saturated rings. The number of amides is 1. The third-order valence-electron chi connectivity index (χ3n) is 6.18. The van der Waals surface area contributed by atoms with Crippen LogP contribution in [0.1, 0.15) is 39.5 Å². The van der Waals surface area contributed by atoms with Crippen molar-refractivity contribution in [2.75, 3.05) is 11.1 Å². The number of hydrogen-bond acceptors (Lipinski definition) is 5. The second-order valence-corrected chi connectivity index (χ2v) is 11.0. The normalized spacial score (nSPS) is 12.0. The van der Waals surface area contributed by atoms with E-state index >= 15 is 0 Å². The number of aliphatic carboxylic acids is 1. The molecular formula is C30H28N2O5S. The molecule has 4 aromatic rings. The highest BCUT2D eigenvalue weighted by atomic mass is 32.2. The molecule has 0 radical (unpaired) electrons. The molecule has 0 aliphatic heterocycles. The van der Waals surface area contributed by atoms with Crippen molar-refractivity contribution in [3.05, 3.63) is 126 Å². The summed E-state index contributed by atoms with van der Waals surface area (Å²) in [6.07, 6.45) is 2.69. The Morgan fingerprint density at radius 1 is 0.816 bits per heavy atom. The number of sulfone groups is 1. The summed E-state index contributed by atoms with van der Waals surface area (Å²) in [5.41, 5.74) is 3.70. The molecule has 3 aromatic carbocycles. The maximum atomic E-state index is 13.1. The van der Waals surface area contributed by atoms with E-state index in [1.54, 1.807) is 72.9 Å². The predicted octanol–water partition coefficient (Wildman–Crippen LogP) is 5.15. The number of aryl methyl sites for hydroxylation is 2. The average molecular weight is 529 g/mol. The minimum absolute atomic E-state index is 0.173. The molecule has 1 atom stereocenters. The van der Waals surface area contributed by atoms with Gasteiger partial charge in [0.25, 0.3) is 5.91 Å². The molecule has 4 rings (SSSR count). The highest BCUT2D eigenvalue weighted by Crippen LogP contribution is 2.25. The first kappa shape index (κ1) is 26.8. The molecule has 38 heavy (non-hydrogen) atoms. The van der Waals surface area contributed by atoms with Gasteiger partial charge in [0.15, 0.2) is 9.84 Å². The van der Waals surface area contributed by atoms with Crippen LogP contribution >= 0.6 is 0 Å². The minimum atomic E-state index is -3.69. The summed E-state index contributed by atoms with van der Waals surface area (Å²) in [4.78, 5) is 28.0. The van der Waals surface area contributed by atoms with Crippen LogP contribution in [0.25, 0.3) is 0 Å². The first-order chi connectivity index (χ1) is 18.3. The fraction of sp³-hybridized carbons (Fsp3) is 0.167. The molecule has 7 nitrogen and oxygen atoms in total.